The van der Waals surface area contributed by atoms with Crippen molar-refractivity contribution in [1.29, 1.82) is 0 Å². The summed E-state index contributed by atoms with van der Waals surface area (Å²) in [5.41, 5.74) is 0.220. The fourth-order valence-corrected chi connectivity index (χ4v) is 4.92. The van der Waals surface area contributed by atoms with Crippen LogP contribution in [0.25, 0.3) is 0 Å². The summed E-state index contributed by atoms with van der Waals surface area (Å²) in [5, 5.41) is 7.76. The summed E-state index contributed by atoms with van der Waals surface area (Å²) in [6.07, 6.45) is 3.47. The molecular weight excluding hydrogens is 400 g/mol. The number of aryl methyl sites for hydroxylation is 1. The van der Waals surface area contributed by atoms with Gasteiger partial charge < -0.3 is 23.7 Å². The SMILES string of the molecule is COc1cccc(CN2C[C@]34C=C[C@H](O3)[C@@H](C(=O)N(C)Cc3nnc(C)o3)[C@@H]4C2=O)c1. The molecule has 1 aromatic heterocycles. The Hall–Kier alpha value is -3.20. The molecule has 2 fully saturated rings. The second kappa shape index (κ2) is 7.19. The van der Waals surface area contributed by atoms with Gasteiger partial charge >= 0.3 is 0 Å². The lowest BCUT2D eigenvalue weighted by atomic mass is 9.76. The number of fused-ring (bicyclic) bond motifs is 1. The van der Waals surface area contributed by atoms with Crippen molar-refractivity contribution in [2.45, 2.75) is 31.7 Å². The van der Waals surface area contributed by atoms with E-state index >= 15 is 0 Å². The maximum Gasteiger partial charge on any atom is 0.235 e. The zero-order chi connectivity index (χ0) is 21.8. The number of rotatable bonds is 6. The Balaban J connectivity index is 1.35. The first-order valence-corrected chi connectivity index (χ1v) is 10.2. The van der Waals surface area contributed by atoms with Gasteiger partial charge in [-0.1, -0.05) is 24.3 Å². The number of benzene rings is 1. The average Bonchev–Trinajstić information content (AvgIpc) is 3.50. The number of carbonyl (C=O) groups is 2. The monoisotopic (exact) mass is 424 g/mol. The molecule has 162 valence electrons. The minimum Gasteiger partial charge on any atom is -0.497 e. The quantitative estimate of drug-likeness (QED) is 0.645. The maximum absolute atomic E-state index is 13.4. The molecule has 0 unspecified atom stereocenters. The molecule has 3 aliphatic rings. The number of nitrogens with zero attached hydrogens (tertiary/aromatic N) is 4. The molecule has 4 atom stereocenters. The molecule has 0 N–H and O–H groups in total. The van der Waals surface area contributed by atoms with E-state index in [2.05, 4.69) is 10.2 Å². The van der Waals surface area contributed by atoms with Crippen molar-refractivity contribution >= 4 is 11.8 Å². The fraction of sp³-hybridized carbons (Fsp3) is 0.455. The van der Waals surface area contributed by atoms with Gasteiger partial charge in [0.1, 0.15) is 11.4 Å². The number of amides is 2. The summed E-state index contributed by atoms with van der Waals surface area (Å²) in [7, 11) is 3.29. The molecule has 5 rings (SSSR count). The molecule has 2 amide bonds. The molecule has 2 bridgehead atoms. The molecule has 1 aromatic carbocycles. The van der Waals surface area contributed by atoms with Gasteiger partial charge in [-0.3, -0.25) is 9.59 Å². The highest BCUT2D eigenvalue weighted by Gasteiger charge is 2.67. The number of ether oxygens (including phenoxy) is 2. The first-order chi connectivity index (χ1) is 14.9. The highest BCUT2D eigenvalue weighted by molar-refractivity contribution is 5.93. The molecular formula is C22H24N4O5. The average molecular weight is 424 g/mol. The largest absolute Gasteiger partial charge is 0.497 e. The van der Waals surface area contributed by atoms with Crippen LogP contribution in [0.1, 0.15) is 17.3 Å². The normalized spacial score (nSPS) is 28.3. The van der Waals surface area contributed by atoms with E-state index in [1.165, 1.54) is 4.90 Å². The molecule has 1 spiro atoms. The van der Waals surface area contributed by atoms with Crippen LogP contribution in [0.3, 0.4) is 0 Å². The number of methoxy groups -OCH3 is 1. The lowest BCUT2D eigenvalue weighted by Gasteiger charge is -2.27. The van der Waals surface area contributed by atoms with E-state index in [1.807, 2.05) is 36.4 Å². The Morgan fingerprint density at radius 2 is 2.23 bits per heavy atom. The molecule has 31 heavy (non-hydrogen) atoms. The number of hydrogen-bond donors (Lipinski definition) is 0. The van der Waals surface area contributed by atoms with E-state index in [9.17, 15) is 9.59 Å². The molecule has 9 nitrogen and oxygen atoms in total. The van der Waals surface area contributed by atoms with E-state index in [0.29, 0.717) is 24.9 Å². The van der Waals surface area contributed by atoms with Crippen LogP contribution in [-0.4, -0.2) is 64.2 Å². The Bertz CT molecular complexity index is 1070. The Kier molecular flexibility index (Phi) is 4.58. The van der Waals surface area contributed by atoms with Gasteiger partial charge in [0.2, 0.25) is 23.6 Å². The molecule has 0 saturated carbocycles. The fourth-order valence-electron chi connectivity index (χ4n) is 4.92. The Morgan fingerprint density at radius 3 is 2.97 bits per heavy atom. The van der Waals surface area contributed by atoms with Crippen molar-refractivity contribution in [1.82, 2.24) is 20.0 Å². The van der Waals surface area contributed by atoms with Crippen molar-refractivity contribution in [2.24, 2.45) is 11.8 Å². The van der Waals surface area contributed by atoms with Gasteiger partial charge in [0.25, 0.3) is 0 Å². The van der Waals surface area contributed by atoms with Crippen molar-refractivity contribution in [3.8, 4) is 5.75 Å². The van der Waals surface area contributed by atoms with E-state index in [1.54, 1.807) is 26.0 Å². The van der Waals surface area contributed by atoms with E-state index in [4.69, 9.17) is 13.9 Å². The van der Waals surface area contributed by atoms with Crippen LogP contribution in [0.4, 0.5) is 0 Å². The minimum absolute atomic E-state index is 0.0601. The van der Waals surface area contributed by atoms with E-state index < -0.39 is 23.5 Å². The van der Waals surface area contributed by atoms with Gasteiger partial charge in [-0.15, -0.1) is 10.2 Å². The van der Waals surface area contributed by atoms with Crippen LogP contribution < -0.4 is 4.74 Å². The lowest BCUT2D eigenvalue weighted by Crippen LogP contribution is -2.44. The van der Waals surface area contributed by atoms with Crippen molar-refractivity contribution in [3.05, 3.63) is 53.8 Å². The van der Waals surface area contributed by atoms with Gasteiger partial charge in [0.15, 0.2) is 0 Å². The van der Waals surface area contributed by atoms with Crippen LogP contribution in [0.15, 0.2) is 40.8 Å². The van der Waals surface area contributed by atoms with Crippen molar-refractivity contribution in [2.75, 3.05) is 20.7 Å². The van der Waals surface area contributed by atoms with Crippen LogP contribution in [0, 0.1) is 18.8 Å². The van der Waals surface area contributed by atoms with E-state index in [-0.39, 0.29) is 18.4 Å². The van der Waals surface area contributed by atoms with Crippen LogP contribution in [0.5, 0.6) is 5.75 Å². The number of hydrogen-bond acceptors (Lipinski definition) is 7. The second-order valence-corrected chi connectivity index (χ2v) is 8.35. The van der Waals surface area contributed by atoms with Gasteiger partial charge in [0.05, 0.1) is 38.1 Å². The second-order valence-electron chi connectivity index (χ2n) is 8.35. The topological polar surface area (TPSA) is 98.0 Å². The van der Waals surface area contributed by atoms with Crippen molar-refractivity contribution in [3.63, 3.8) is 0 Å². The summed E-state index contributed by atoms with van der Waals surface area (Å²) < 4.78 is 16.9. The number of carbonyl (C=O) groups excluding carboxylic acids is 2. The molecule has 9 heteroatoms. The number of aromatic nitrogens is 2. The molecule has 0 radical (unpaired) electrons. The third-order valence-electron chi connectivity index (χ3n) is 6.29. The summed E-state index contributed by atoms with van der Waals surface area (Å²) in [6.45, 7) is 2.75. The van der Waals surface area contributed by atoms with Crippen LogP contribution in [-0.2, 0) is 27.4 Å². The summed E-state index contributed by atoms with van der Waals surface area (Å²) in [6, 6.07) is 7.64. The Labute approximate surface area is 179 Å². The van der Waals surface area contributed by atoms with E-state index in [0.717, 1.165) is 11.3 Å². The first-order valence-electron chi connectivity index (χ1n) is 10.2. The highest BCUT2D eigenvalue weighted by atomic mass is 16.5. The molecule has 2 aromatic rings. The smallest absolute Gasteiger partial charge is 0.235 e. The zero-order valence-corrected chi connectivity index (χ0v) is 17.6. The van der Waals surface area contributed by atoms with Crippen LogP contribution >= 0.6 is 0 Å². The van der Waals surface area contributed by atoms with Gasteiger partial charge in [-0.25, -0.2) is 0 Å². The van der Waals surface area contributed by atoms with Gasteiger partial charge in [-0.2, -0.15) is 0 Å². The predicted octanol–water partition coefficient (Wildman–Crippen LogP) is 1.33. The minimum atomic E-state index is -0.747. The zero-order valence-electron chi connectivity index (χ0n) is 17.6. The van der Waals surface area contributed by atoms with Crippen LogP contribution in [0.2, 0.25) is 0 Å². The van der Waals surface area contributed by atoms with Gasteiger partial charge in [0, 0.05) is 20.5 Å². The third-order valence-corrected chi connectivity index (χ3v) is 6.29. The lowest BCUT2D eigenvalue weighted by molar-refractivity contribution is -0.143. The standard InChI is InChI=1S/C22H24N4O5/c1-13-23-24-17(30-13)11-25(2)20(27)18-16-7-8-22(31-16)12-26(21(28)19(18)22)10-14-5-4-6-15(9-14)29-3/h4-9,16,18-19H,10-12H2,1-3H3/t16-,18+,19+,22-/m0/s1. The summed E-state index contributed by atoms with van der Waals surface area (Å²) >= 11 is 0. The molecule has 2 saturated heterocycles. The third kappa shape index (κ3) is 3.20. The summed E-state index contributed by atoms with van der Waals surface area (Å²) in [4.78, 5) is 30.0. The Morgan fingerprint density at radius 1 is 1.39 bits per heavy atom. The maximum atomic E-state index is 13.4. The summed E-state index contributed by atoms with van der Waals surface area (Å²) in [5.74, 6) is 0.226. The first kappa shape index (κ1) is 19.7. The predicted molar refractivity (Wildman–Crippen MR) is 108 cm³/mol. The molecule has 3 aliphatic heterocycles. The molecule has 4 heterocycles. The van der Waals surface area contributed by atoms with Gasteiger partial charge in [-0.05, 0) is 17.7 Å². The molecule has 0 aliphatic carbocycles. The highest BCUT2D eigenvalue weighted by Crippen LogP contribution is 2.52. The number of likely N-dealkylation sites (tertiary alicyclic amines) is 1. The van der Waals surface area contributed by atoms with Crippen molar-refractivity contribution < 1.29 is 23.5 Å².